The van der Waals surface area contributed by atoms with Crippen LogP contribution in [0.15, 0.2) is 24.3 Å². The molecule has 0 unspecified atom stereocenters. The Morgan fingerprint density at radius 2 is 1.68 bits per heavy atom. The van der Waals surface area contributed by atoms with Gasteiger partial charge in [-0.1, -0.05) is 25.0 Å². The van der Waals surface area contributed by atoms with Crippen LogP contribution in [0.25, 0.3) is 0 Å². The van der Waals surface area contributed by atoms with Crippen LogP contribution >= 0.6 is 0 Å². The van der Waals surface area contributed by atoms with Crippen LogP contribution in [0.2, 0.25) is 0 Å². The van der Waals surface area contributed by atoms with E-state index in [1.54, 1.807) is 12.1 Å². The summed E-state index contributed by atoms with van der Waals surface area (Å²) in [4.78, 5) is 23.2. The molecule has 0 aromatic heterocycles. The molecule has 120 valence electrons. The summed E-state index contributed by atoms with van der Waals surface area (Å²) in [7, 11) is 0. The van der Waals surface area contributed by atoms with Crippen molar-refractivity contribution in [3.63, 3.8) is 0 Å². The Bertz CT molecular complexity index is 545. The number of carbonyl (C=O) groups is 2. The molecule has 4 nitrogen and oxygen atoms in total. The highest BCUT2D eigenvalue weighted by molar-refractivity contribution is 5.87. The predicted octanol–water partition coefficient (Wildman–Crippen LogP) is 3.93. The van der Waals surface area contributed by atoms with Crippen LogP contribution in [-0.4, -0.2) is 22.6 Å². The van der Waals surface area contributed by atoms with E-state index < -0.39 is 11.6 Å². The molecular formula is C18H24O4. The van der Waals surface area contributed by atoms with Crippen molar-refractivity contribution in [2.45, 2.75) is 63.9 Å². The lowest BCUT2D eigenvalue weighted by atomic mass is 9.76. The van der Waals surface area contributed by atoms with E-state index in [1.807, 2.05) is 32.9 Å². The summed E-state index contributed by atoms with van der Waals surface area (Å²) in [6, 6.07) is 6.93. The molecule has 22 heavy (non-hydrogen) atoms. The number of rotatable bonds is 4. The molecule has 0 amide bonds. The van der Waals surface area contributed by atoms with E-state index in [9.17, 15) is 9.59 Å². The fraction of sp³-hybridized carbons (Fsp3) is 0.556. The number of esters is 1. The number of hydrogen-bond donors (Lipinski definition) is 1. The van der Waals surface area contributed by atoms with Crippen LogP contribution in [-0.2, 0) is 14.9 Å². The first-order valence-electron chi connectivity index (χ1n) is 7.78. The second kappa shape index (κ2) is 6.11. The number of carboxylic acids is 1. The smallest absolute Gasteiger partial charge is 0.335 e. The average molecular weight is 304 g/mol. The third-order valence-corrected chi connectivity index (χ3v) is 4.21. The summed E-state index contributed by atoms with van der Waals surface area (Å²) in [6.07, 6.45) is 4.42. The lowest BCUT2D eigenvalue weighted by Crippen LogP contribution is -2.31. The minimum Gasteiger partial charge on any atom is -0.478 e. The normalized spacial score (nSPS) is 17.2. The summed E-state index contributed by atoms with van der Waals surface area (Å²) < 4.78 is 5.48. The fourth-order valence-corrected chi connectivity index (χ4v) is 3.24. The Hall–Kier alpha value is -1.84. The van der Waals surface area contributed by atoms with Gasteiger partial charge in [0, 0.05) is 5.41 Å². The van der Waals surface area contributed by atoms with Crippen LogP contribution in [0.3, 0.4) is 0 Å². The zero-order valence-electron chi connectivity index (χ0n) is 13.5. The molecule has 0 aliphatic heterocycles. The first kappa shape index (κ1) is 16.5. The van der Waals surface area contributed by atoms with E-state index in [2.05, 4.69) is 0 Å². The average Bonchev–Trinajstić information content (AvgIpc) is 2.86. The Balaban J connectivity index is 2.21. The SMILES string of the molecule is CC(C)(C)OC(=O)CC1(c2ccc(C(=O)O)cc2)CCCC1. The maximum Gasteiger partial charge on any atom is 0.335 e. The van der Waals surface area contributed by atoms with Gasteiger partial charge in [0.2, 0.25) is 0 Å². The first-order valence-corrected chi connectivity index (χ1v) is 7.78. The third kappa shape index (κ3) is 3.87. The molecule has 0 radical (unpaired) electrons. The number of carbonyl (C=O) groups excluding carboxylic acids is 1. The largest absolute Gasteiger partial charge is 0.478 e. The molecule has 4 heteroatoms. The van der Waals surface area contributed by atoms with Gasteiger partial charge in [-0.05, 0) is 51.3 Å². The van der Waals surface area contributed by atoms with E-state index in [4.69, 9.17) is 9.84 Å². The summed E-state index contributed by atoms with van der Waals surface area (Å²) in [5, 5.41) is 9.00. The van der Waals surface area contributed by atoms with Crippen LogP contribution in [0, 0.1) is 0 Å². The molecule has 1 saturated carbocycles. The maximum atomic E-state index is 12.3. The summed E-state index contributed by atoms with van der Waals surface area (Å²) >= 11 is 0. The summed E-state index contributed by atoms with van der Waals surface area (Å²) in [5.41, 5.74) is 0.624. The monoisotopic (exact) mass is 304 g/mol. The highest BCUT2D eigenvalue weighted by atomic mass is 16.6. The summed E-state index contributed by atoms with van der Waals surface area (Å²) in [6.45, 7) is 5.61. The Labute approximate surface area is 131 Å². The molecule has 2 rings (SSSR count). The van der Waals surface area contributed by atoms with E-state index in [0.717, 1.165) is 31.2 Å². The fourth-order valence-electron chi connectivity index (χ4n) is 3.24. The Morgan fingerprint density at radius 3 is 2.14 bits per heavy atom. The van der Waals surface area contributed by atoms with Crippen molar-refractivity contribution >= 4 is 11.9 Å². The highest BCUT2D eigenvalue weighted by Gasteiger charge is 2.38. The van der Waals surface area contributed by atoms with Gasteiger partial charge >= 0.3 is 11.9 Å². The standard InChI is InChI=1S/C18H24O4/c1-17(2,3)22-15(19)12-18(10-4-5-11-18)14-8-6-13(7-9-14)16(20)21/h6-9H,4-5,10-12H2,1-3H3,(H,20,21). The lowest BCUT2D eigenvalue weighted by molar-refractivity contribution is -0.156. The van der Waals surface area contributed by atoms with Gasteiger partial charge in [0.25, 0.3) is 0 Å². The minimum atomic E-state index is -0.931. The lowest BCUT2D eigenvalue weighted by Gasteiger charge is -2.30. The quantitative estimate of drug-likeness (QED) is 0.856. The van der Waals surface area contributed by atoms with Gasteiger partial charge in [0.05, 0.1) is 12.0 Å². The van der Waals surface area contributed by atoms with Gasteiger partial charge in [0.15, 0.2) is 0 Å². The zero-order chi connectivity index (χ0) is 16.4. The number of benzene rings is 1. The van der Waals surface area contributed by atoms with Crippen LogP contribution < -0.4 is 0 Å². The second-order valence-corrected chi connectivity index (χ2v) is 7.13. The van der Waals surface area contributed by atoms with E-state index >= 15 is 0 Å². The van der Waals surface area contributed by atoms with E-state index in [-0.39, 0.29) is 16.9 Å². The molecule has 0 spiro atoms. The van der Waals surface area contributed by atoms with Crippen molar-refractivity contribution in [1.29, 1.82) is 0 Å². The molecule has 1 aromatic rings. The molecule has 0 atom stereocenters. The molecule has 1 aliphatic rings. The van der Waals surface area contributed by atoms with Gasteiger partial charge in [-0.15, -0.1) is 0 Å². The predicted molar refractivity (Wildman–Crippen MR) is 84.0 cm³/mol. The summed E-state index contributed by atoms with van der Waals surface area (Å²) in [5.74, 6) is -1.11. The number of aromatic carboxylic acids is 1. The van der Waals surface area contributed by atoms with Crippen molar-refractivity contribution in [3.05, 3.63) is 35.4 Å². The van der Waals surface area contributed by atoms with Crippen LogP contribution in [0.1, 0.15) is 68.8 Å². The molecule has 1 aromatic carbocycles. The van der Waals surface area contributed by atoms with Crippen molar-refractivity contribution in [2.75, 3.05) is 0 Å². The van der Waals surface area contributed by atoms with Gasteiger partial charge in [-0.2, -0.15) is 0 Å². The van der Waals surface area contributed by atoms with Crippen LogP contribution in [0.4, 0.5) is 0 Å². The Kier molecular flexibility index (Phi) is 4.59. The Morgan fingerprint density at radius 1 is 1.14 bits per heavy atom. The van der Waals surface area contributed by atoms with E-state index in [1.165, 1.54) is 0 Å². The number of hydrogen-bond acceptors (Lipinski definition) is 3. The molecule has 0 heterocycles. The first-order chi connectivity index (χ1) is 10.2. The van der Waals surface area contributed by atoms with Gasteiger partial charge in [0.1, 0.15) is 5.60 Å². The molecule has 0 bridgehead atoms. The van der Waals surface area contributed by atoms with Crippen molar-refractivity contribution in [3.8, 4) is 0 Å². The number of ether oxygens (including phenoxy) is 1. The topological polar surface area (TPSA) is 63.6 Å². The maximum absolute atomic E-state index is 12.3. The molecule has 1 N–H and O–H groups in total. The van der Waals surface area contributed by atoms with Gasteiger partial charge < -0.3 is 9.84 Å². The zero-order valence-corrected chi connectivity index (χ0v) is 13.5. The minimum absolute atomic E-state index is 0.184. The van der Waals surface area contributed by atoms with Crippen molar-refractivity contribution in [2.24, 2.45) is 0 Å². The van der Waals surface area contributed by atoms with Crippen molar-refractivity contribution < 1.29 is 19.4 Å². The van der Waals surface area contributed by atoms with E-state index in [0.29, 0.717) is 6.42 Å². The van der Waals surface area contributed by atoms with Crippen LogP contribution in [0.5, 0.6) is 0 Å². The third-order valence-electron chi connectivity index (χ3n) is 4.21. The molecule has 0 saturated heterocycles. The highest BCUT2D eigenvalue weighted by Crippen LogP contribution is 2.44. The van der Waals surface area contributed by atoms with Gasteiger partial charge in [-0.25, -0.2) is 4.79 Å². The molecule has 1 fully saturated rings. The molecule has 1 aliphatic carbocycles. The molecular weight excluding hydrogens is 280 g/mol. The second-order valence-electron chi connectivity index (χ2n) is 7.13. The van der Waals surface area contributed by atoms with Gasteiger partial charge in [-0.3, -0.25) is 4.79 Å². The van der Waals surface area contributed by atoms with Crippen molar-refractivity contribution in [1.82, 2.24) is 0 Å². The number of carboxylic acid groups (broad SMARTS) is 1.